The molecule has 0 saturated heterocycles. The lowest BCUT2D eigenvalue weighted by Gasteiger charge is -1.94. The smallest absolute Gasteiger partial charge is 0.115 e. The predicted octanol–water partition coefficient (Wildman–Crippen LogP) is 0.934. The van der Waals surface area contributed by atoms with Crippen LogP contribution in [0.25, 0.3) is 11.3 Å². The average Bonchev–Trinajstić information content (AvgIpc) is 2.21. The molecular formula is C8H6N4. The average molecular weight is 158 g/mol. The van der Waals surface area contributed by atoms with Crippen molar-refractivity contribution >= 4 is 0 Å². The molecular weight excluding hydrogens is 152 g/mol. The van der Waals surface area contributed by atoms with Crippen LogP contribution in [-0.4, -0.2) is 20.6 Å². The highest BCUT2D eigenvalue weighted by molar-refractivity contribution is 5.56. The van der Waals surface area contributed by atoms with Crippen LogP contribution >= 0.6 is 0 Å². The van der Waals surface area contributed by atoms with Gasteiger partial charge in [0.2, 0.25) is 0 Å². The number of hydrogen-bond donors (Lipinski definition) is 0. The van der Waals surface area contributed by atoms with Crippen molar-refractivity contribution in [2.45, 2.75) is 0 Å². The first-order valence-corrected chi connectivity index (χ1v) is 3.53. The van der Waals surface area contributed by atoms with Crippen LogP contribution in [0.5, 0.6) is 0 Å². The highest BCUT2D eigenvalue weighted by atomic mass is 15.4. The summed E-state index contributed by atoms with van der Waals surface area (Å²) in [6, 6.07) is 9.73. The van der Waals surface area contributed by atoms with Crippen molar-refractivity contribution in [1.29, 1.82) is 0 Å². The Kier molecular flexibility index (Phi) is 1.74. The standard InChI is InChI=1S/C8H6N4/c1-2-4-7(5-3-1)8-6-9-11-12-10-8/h1-6H. The van der Waals surface area contributed by atoms with Crippen molar-refractivity contribution in [2.24, 2.45) is 0 Å². The summed E-state index contributed by atoms with van der Waals surface area (Å²) in [7, 11) is 0. The molecule has 0 atom stereocenters. The van der Waals surface area contributed by atoms with Gasteiger partial charge in [0.25, 0.3) is 0 Å². The van der Waals surface area contributed by atoms with Gasteiger partial charge in [-0.05, 0) is 10.4 Å². The molecule has 1 aromatic heterocycles. The van der Waals surface area contributed by atoms with Crippen molar-refractivity contribution in [2.75, 3.05) is 0 Å². The molecule has 2 aromatic rings. The van der Waals surface area contributed by atoms with Crippen LogP contribution in [0.3, 0.4) is 0 Å². The maximum atomic E-state index is 3.83. The summed E-state index contributed by atoms with van der Waals surface area (Å²) in [6.45, 7) is 0. The highest BCUT2D eigenvalue weighted by Crippen LogP contribution is 2.12. The van der Waals surface area contributed by atoms with Gasteiger partial charge in [-0.15, -0.1) is 10.2 Å². The van der Waals surface area contributed by atoms with Crippen LogP contribution in [0.4, 0.5) is 0 Å². The minimum Gasteiger partial charge on any atom is -0.135 e. The molecule has 0 aliphatic carbocycles. The Morgan fingerprint density at radius 1 is 0.917 bits per heavy atom. The van der Waals surface area contributed by atoms with E-state index >= 15 is 0 Å². The van der Waals surface area contributed by atoms with E-state index < -0.39 is 0 Å². The lowest BCUT2D eigenvalue weighted by atomic mass is 10.2. The van der Waals surface area contributed by atoms with Crippen molar-refractivity contribution in [3.63, 3.8) is 0 Å². The van der Waals surface area contributed by atoms with Crippen molar-refractivity contribution in [1.82, 2.24) is 20.6 Å². The molecule has 0 bridgehead atoms. The third-order valence-electron chi connectivity index (χ3n) is 1.49. The second kappa shape index (κ2) is 3.04. The summed E-state index contributed by atoms with van der Waals surface area (Å²) in [4.78, 5) is 0. The molecule has 4 heteroatoms. The maximum Gasteiger partial charge on any atom is 0.115 e. The predicted molar refractivity (Wildman–Crippen MR) is 43.1 cm³/mol. The van der Waals surface area contributed by atoms with E-state index in [1.54, 1.807) is 6.20 Å². The molecule has 4 nitrogen and oxygen atoms in total. The zero-order chi connectivity index (χ0) is 8.23. The lowest BCUT2D eigenvalue weighted by molar-refractivity contribution is 0.766. The third-order valence-corrected chi connectivity index (χ3v) is 1.49. The van der Waals surface area contributed by atoms with E-state index in [9.17, 15) is 0 Å². The minimum atomic E-state index is 0.741. The first-order chi connectivity index (χ1) is 5.97. The fourth-order valence-corrected chi connectivity index (χ4v) is 0.939. The first kappa shape index (κ1) is 6.84. The van der Waals surface area contributed by atoms with E-state index in [0.717, 1.165) is 11.3 Å². The topological polar surface area (TPSA) is 51.6 Å². The van der Waals surface area contributed by atoms with Gasteiger partial charge in [0.05, 0.1) is 6.20 Å². The Labute approximate surface area is 69.3 Å². The second-order valence-electron chi connectivity index (χ2n) is 2.27. The van der Waals surface area contributed by atoms with Crippen LogP contribution in [0, 0.1) is 0 Å². The number of aromatic nitrogens is 4. The van der Waals surface area contributed by atoms with Gasteiger partial charge in [-0.25, -0.2) is 0 Å². The Balaban J connectivity index is 2.46. The minimum absolute atomic E-state index is 0.741. The number of nitrogens with zero attached hydrogens (tertiary/aromatic N) is 4. The molecule has 12 heavy (non-hydrogen) atoms. The van der Waals surface area contributed by atoms with Crippen LogP contribution < -0.4 is 0 Å². The number of rotatable bonds is 1. The molecule has 58 valence electrons. The first-order valence-electron chi connectivity index (χ1n) is 3.53. The molecule has 0 unspecified atom stereocenters. The Hall–Kier alpha value is -1.84. The van der Waals surface area contributed by atoms with E-state index in [-0.39, 0.29) is 0 Å². The van der Waals surface area contributed by atoms with Gasteiger partial charge >= 0.3 is 0 Å². The van der Waals surface area contributed by atoms with E-state index in [1.807, 2.05) is 30.3 Å². The molecule has 0 amide bonds. The monoisotopic (exact) mass is 158 g/mol. The molecule has 1 heterocycles. The molecule has 0 aliphatic rings. The molecule has 1 aromatic carbocycles. The number of benzene rings is 1. The molecule has 0 radical (unpaired) electrons. The lowest BCUT2D eigenvalue weighted by Crippen LogP contribution is -1.92. The van der Waals surface area contributed by atoms with Gasteiger partial charge in [-0.1, -0.05) is 30.3 Å². The van der Waals surface area contributed by atoms with E-state index in [0.29, 0.717) is 0 Å². The molecule has 0 aliphatic heterocycles. The Morgan fingerprint density at radius 3 is 2.42 bits per heavy atom. The SMILES string of the molecule is c1ccc(-c2cnnnn2)cc1. The van der Waals surface area contributed by atoms with Gasteiger partial charge in [-0.3, -0.25) is 0 Å². The van der Waals surface area contributed by atoms with Gasteiger partial charge in [0, 0.05) is 5.56 Å². The van der Waals surface area contributed by atoms with Crippen LogP contribution in [0.1, 0.15) is 0 Å². The molecule has 2 rings (SSSR count). The fraction of sp³-hybridized carbons (Fsp3) is 0. The Morgan fingerprint density at radius 2 is 1.75 bits per heavy atom. The summed E-state index contributed by atoms with van der Waals surface area (Å²) in [5, 5.41) is 14.3. The number of hydrogen-bond acceptors (Lipinski definition) is 4. The van der Waals surface area contributed by atoms with Crippen LogP contribution in [0.15, 0.2) is 36.5 Å². The van der Waals surface area contributed by atoms with Gasteiger partial charge in [0.1, 0.15) is 5.69 Å². The molecule has 0 fully saturated rings. The van der Waals surface area contributed by atoms with Crippen molar-refractivity contribution in [3.05, 3.63) is 36.5 Å². The van der Waals surface area contributed by atoms with Crippen molar-refractivity contribution in [3.8, 4) is 11.3 Å². The molecule has 0 N–H and O–H groups in total. The highest BCUT2D eigenvalue weighted by Gasteiger charge is 1.96. The zero-order valence-corrected chi connectivity index (χ0v) is 6.25. The normalized spacial score (nSPS) is 9.67. The van der Waals surface area contributed by atoms with Crippen molar-refractivity contribution < 1.29 is 0 Å². The molecule has 0 spiro atoms. The fourth-order valence-electron chi connectivity index (χ4n) is 0.939. The largest absolute Gasteiger partial charge is 0.135 e. The van der Waals surface area contributed by atoms with E-state index in [2.05, 4.69) is 20.6 Å². The molecule has 0 saturated carbocycles. The summed E-state index contributed by atoms with van der Waals surface area (Å²) in [5.74, 6) is 0. The van der Waals surface area contributed by atoms with Gasteiger partial charge in [0.15, 0.2) is 0 Å². The van der Waals surface area contributed by atoms with Gasteiger partial charge < -0.3 is 0 Å². The zero-order valence-electron chi connectivity index (χ0n) is 6.25. The van der Waals surface area contributed by atoms with Crippen LogP contribution in [0.2, 0.25) is 0 Å². The van der Waals surface area contributed by atoms with E-state index in [4.69, 9.17) is 0 Å². The summed E-state index contributed by atoms with van der Waals surface area (Å²) >= 11 is 0. The van der Waals surface area contributed by atoms with Crippen LogP contribution in [-0.2, 0) is 0 Å². The third kappa shape index (κ3) is 1.27. The van der Waals surface area contributed by atoms with E-state index in [1.165, 1.54) is 0 Å². The quantitative estimate of drug-likeness (QED) is 0.619. The second-order valence-corrected chi connectivity index (χ2v) is 2.27. The van der Waals surface area contributed by atoms with Gasteiger partial charge in [-0.2, -0.15) is 0 Å². The summed E-state index contributed by atoms with van der Waals surface area (Å²) in [6.07, 6.45) is 1.59. The Bertz CT molecular complexity index is 308. The summed E-state index contributed by atoms with van der Waals surface area (Å²) < 4.78 is 0. The summed E-state index contributed by atoms with van der Waals surface area (Å²) in [5.41, 5.74) is 1.74. The maximum absolute atomic E-state index is 3.83.